The van der Waals surface area contributed by atoms with Gasteiger partial charge in [0.05, 0.1) is 38.2 Å². The van der Waals surface area contributed by atoms with E-state index in [0.717, 1.165) is 26.2 Å². The van der Waals surface area contributed by atoms with Crippen LogP contribution in [0.5, 0.6) is 0 Å². The number of nitro benzene ring substituents is 1. The highest BCUT2D eigenvalue weighted by atomic mass is 32.1. The predicted octanol–water partition coefficient (Wildman–Crippen LogP) is -0.560. The lowest BCUT2D eigenvalue weighted by atomic mass is 10.2. The Labute approximate surface area is 127 Å². The summed E-state index contributed by atoms with van der Waals surface area (Å²) in [4.78, 5) is 25.6. The molecule has 2 rings (SSSR count). The van der Waals surface area contributed by atoms with Gasteiger partial charge in [-0.15, -0.1) is 0 Å². The number of thiocarbonyl (C=S) groups is 1. The van der Waals surface area contributed by atoms with Crippen molar-refractivity contribution in [3.8, 4) is 0 Å². The Morgan fingerprint density at radius 3 is 2.71 bits per heavy atom. The highest BCUT2D eigenvalue weighted by Gasteiger charge is 2.21. The standard InChI is InChI=1S/C13H16N4O3S/c1-15-5-7-16(8-6-15)13(21)14-12(18)10-3-2-4-11(9-10)17(19)20/h2-4,9H,5-8H2,1H3,(H,14,18,21)/p+1. The Bertz CT molecular complexity index is 570. The van der Waals surface area contributed by atoms with Gasteiger partial charge < -0.3 is 9.80 Å². The van der Waals surface area contributed by atoms with Gasteiger partial charge >= 0.3 is 0 Å². The van der Waals surface area contributed by atoms with Gasteiger partial charge in [0.2, 0.25) is 0 Å². The van der Waals surface area contributed by atoms with Crippen molar-refractivity contribution < 1.29 is 14.6 Å². The molecule has 1 aromatic carbocycles. The summed E-state index contributed by atoms with van der Waals surface area (Å²) in [5, 5.41) is 13.7. The van der Waals surface area contributed by atoms with Crippen LogP contribution in [0.25, 0.3) is 0 Å². The molecule has 0 aromatic heterocycles. The number of non-ortho nitro benzene ring substituents is 1. The summed E-state index contributed by atoms with van der Waals surface area (Å²) in [5.74, 6) is -0.421. The molecule has 1 aliphatic heterocycles. The number of carbonyl (C=O) groups excluding carboxylic acids is 1. The molecule has 0 unspecified atom stereocenters. The second-order valence-electron chi connectivity index (χ2n) is 5.01. The molecule has 0 atom stereocenters. The van der Waals surface area contributed by atoms with Crippen LogP contribution < -0.4 is 10.2 Å². The minimum Gasteiger partial charge on any atom is -0.338 e. The molecule has 8 heteroatoms. The number of carbonyl (C=O) groups is 1. The highest BCUT2D eigenvalue weighted by Crippen LogP contribution is 2.13. The third-order valence-corrected chi connectivity index (χ3v) is 3.80. The molecule has 0 spiro atoms. The van der Waals surface area contributed by atoms with Crippen LogP contribution in [-0.2, 0) is 0 Å². The van der Waals surface area contributed by atoms with Gasteiger partial charge in [0.1, 0.15) is 0 Å². The maximum atomic E-state index is 12.1. The predicted molar refractivity (Wildman–Crippen MR) is 81.4 cm³/mol. The SMILES string of the molecule is C[NH+]1CCN(C(=S)NC(=O)c2cccc([N+](=O)[O-])c2)CC1. The van der Waals surface area contributed by atoms with E-state index < -0.39 is 10.8 Å². The van der Waals surface area contributed by atoms with Crippen LogP contribution in [-0.4, -0.2) is 54.1 Å². The van der Waals surface area contributed by atoms with Crippen molar-refractivity contribution in [2.24, 2.45) is 0 Å². The first-order valence-corrected chi connectivity index (χ1v) is 7.04. The Balaban J connectivity index is 1.99. The molecule has 1 heterocycles. The van der Waals surface area contributed by atoms with Crippen LogP contribution in [0.2, 0.25) is 0 Å². The molecule has 0 saturated carbocycles. The molecule has 1 fully saturated rings. The number of nitrogens with zero attached hydrogens (tertiary/aromatic N) is 2. The van der Waals surface area contributed by atoms with Crippen molar-refractivity contribution in [3.05, 3.63) is 39.9 Å². The monoisotopic (exact) mass is 309 g/mol. The van der Waals surface area contributed by atoms with Crippen molar-refractivity contribution in [2.75, 3.05) is 33.2 Å². The fourth-order valence-electron chi connectivity index (χ4n) is 2.10. The summed E-state index contributed by atoms with van der Waals surface area (Å²) in [7, 11) is 2.11. The van der Waals surface area contributed by atoms with Gasteiger partial charge in [-0.3, -0.25) is 20.2 Å². The lowest BCUT2D eigenvalue weighted by Crippen LogP contribution is -3.12. The number of likely N-dealkylation sites (N-methyl/N-ethyl adjacent to an activating group) is 1. The van der Waals surface area contributed by atoms with Gasteiger partial charge in [0.25, 0.3) is 11.6 Å². The number of rotatable bonds is 2. The van der Waals surface area contributed by atoms with Gasteiger partial charge in [-0.25, -0.2) is 0 Å². The first kappa shape index (κ1) is 15.3. The molecule has 1 aliphatic rings. The van der Waals surface area contributed by atoms with E-state index in [1.54, 1.807) is 0 Å². The zero-order valence-corrected chi connectivity index (χ0v) is 12.5. The first-order valence-electron chi connectivity index (χ1n) is 6.63. The second-order valence-corrected chi connectivity index (χ2v) is 5.40. The molecule has 0 bridgehead atoms. The Kier molecular flexibility index (Phi) is 4.81. The zero-order chi connectivity index (χ0) is 15.4. The summed E-state index contributed by atoms with van der Waals surface area (Å²) in [6, 6.07) is 5.60. The second kappa shape index (κ2) is 6.59. The number of piperazine rings is 1. The van der Waals surface area contributed by atoms with E-state index in [9.17, 15) is 14.9 Å². The first-order chi connectivity index (χ1) is 9.97. The van der Waals surface area contributed by atoms with E-state index in [1.807, 2.05) is 4.90 Å². The number of hydrogen-bond donors (Lipinski definition) is 2. The third kappa shape index (κ3) is 3.96. The van der Waals surface area contributed by atoms with Gasteiger partial charge in [-0.1, -0.05) is 6.07 Å². The van der Waals surface area contributed by atoms with Gasteiger partial charge in [-0.05, 0) is 18.3 Å². The largest absolute Gasteiger partial charge is 0.338 e. The summed E-state index contributed by atoms with van der Waals surface area (Å²) >= 11 is 5.22. The van der Waals surface area contributed by atoms with Crippen LogP contribution in [0.3, 0.4) is 0 Å². The number of quaternary nitrogens is 1. The summed E-state index contributed by atoms with van der Waals surface area (Å²) in [5.41, 5.74) is 0.114. The smallest absolute Gasteiger partial charge is 0.270 e. The maximum Gasteiger partial charge on any atom is 0.270 e. The maximum absolute atomic E-state index is 12.1. The van der Waals surface area contributed by atoms with Crippen molar-refractivity contribution in [1.29, 1.82) is 0 Å². The topological polar surface area (TPSA) is 79.9 Å². The van der Waals surface area contributed by atoms with E-state index in [1.165, 1.54) is 29.2 Å². The van der Waals surface area contributed by atoms with Crippen LogP contribution in [0, 0.1) is 10.1 Å². The van der Waals surface area contributed by atoms with Crippen molar-refractivity contribution >= 4 is 28.9 Å². The Hall–Kier alpha value is -2.06. The highest BCUT2D eigenvalue weighted by molar-refractivity contribution is 7.80. The van der Waals surface area contributed by atoms with E-state index >= 15 is 0 Å². The minimum absolute atomic E-state index is 0.114. The van der Waals surface area contributed by atoms with Crippen molar-refractivity contribution in [1.82, 2.24) is 10.2 Å². The van der Waals surface area contributed by atoms with Crippen LogP contribution >= 0.6 is 12.2 Å². The van der Waals surface area contributed by atoms with E-state index in [4.69, 9.17) is 12.2 Å². The number of amides is 1. The van der Waals surface area contributed by atoms with Crippen molar-refractivity contribution in [3.63, 3.8) is 0 Å². The number of nitrogens with one attached hydrogen (secondary N) is 2. The normalized spacial score (nSPS) is 15.6. The fourth-order valence-corrected chi connectivity index (χ4v) is 2.38. The van der Waals surface area contributed by atoms with Gasteiger partial charge in [0.15, 0.2) is 5.11 Å². The fraction of sp³-hybridized carbons (Fsp3) is 0.385. The van der Waals surface area contributed by atoms with Crippen LogP contribution in [0.4, 0.5) is 5.69 Å². The molecule has 7 nitrogen and oxygen atoms in total. The Morgan fingerprint density at radius 2 is 2.10 bits per heavy atom. The van der Waals surface area contributed by atoms with E-state index in [-0.39, 0.29) is 11.3 Å². The summed E-state index contributed by atoms with van der Waals surface area (Å²) < 4.78 is 0. The summed E-state index contributed by atoms with van der Waals surface area (Å²) in [6.45, 7) is 3.51. The van der Waals surface area contributed by atoms with Gasteiger partial charge in [-0.2, -0.15) is 0 Å². The molecule has 2 N–H and O–H groups in total. The molecule has 1 amide bonds. The van der Waals surface area contributed by atoms with Crippen LogP contribution in [0.15, 0.2) is 24.3 Å². The summed E-state index contributed by atoms with van der Waals surface area (Å²) in [6.07, 6.45) is 0. The van der Waals surface area contributed by atoms with Crippen LogP contribution in [0.1, 0.15) is 10.4 Å². The Morgan fingerprint density at radius 1 is 1.43 bits per heavy atom. The molecule has 1 aromatic rings. The van der Waals surface area contributed by atoms with Crippen molar-refractivity contribution in [2.45, 2.75) is 0 Å². The lowest BCUT2D eigenvalue weighted by molar-refractivity contribution is -0.883. The molecule has 112 valence electrons. The minimum atomic E-state index is -0.529. The van der Waals surface area contributed by atoms with E-state index in [2.05, 4.69) is 12.4 Å². The molecular weight excluding hydrogens is 292 g/mol. The molecule has 0 aliphatic carbocycles. The average Bonchev–Trinajstić information content (AvgIpc) is 2.48. The molecule has 1 saturated heterocycles. The quantitative estimate of drug-likeness (QED) is 0.435. The zero-order valence-electron chi connectivity index (χ0n) is 11.7. The lowest BCUT2D eigenvalue weighted by Gasteiger charge is -2.31. The number of hydrogen-bond acceptors (Lipinski definition) is 4. The molecule has 0 radical (unpaired) electrons. The number of benzene rings is 1. The molecular formula is C13H17N4O3S+. The number of nitro groups is 1. The average molecular weight is 309 g/mol. The third-order valence-electron chi connectivity index (χ3n) is 3.44. The van der Waals surface area contributed by atoms with Gasteiger partial charge in [0, 0.05) is 17.7 Å². The van der Waals surface area contributed by atoms with E-state index in [0.29, 0.717) is 5.11 Å². The molecule has 21 heavy (non-hydrogen) atoms.